The molecule has 0 saturated heterocycles. The molecule has 1 aromatic carbocycles. The lowest BCUT2D eigenvalue weighted by atomic mass is 9.92. The minimum absolute atomic E-state index is 0. The molecule has 0 fully saturated rings. The standard InChI is InChI=1S/C13H15N3O.ClH/c14-8-1-3-10-11-6-9(15-7-17)2-4-12(11)16-13(10)5-8;/h2,4,6-8,16H,1,3,5,14H2,(H,15,17);1H. The van der Waals surface area contributed by atoms with Crippen molar-refractivity contribution >= 4 is 35.4 Å². The molecule has 18 heavy (non-hydrogen) atoms. The van der Waals surface area contributed by atoms with Crippen molar-refractivity contribution in [2.24, 2.45) is 5.73 Å². The Morgan fingerprint density at radius 2 is 2.28 bits per heavy atom. The fraction of sp³-hybridized carbons (Fsp3) is 0.308. The second-order valence-electron chi connectivity index (χ2n) is 4.61. The van der Waals surface area contributed by atoms with E-state index in [1.165, 1.54) is 16.6 Å². The highest BCUT2D eigenvalue weighted by Gasteiger charge is 2.19. The van der Waals surface area contributed by atoms with E-state index in [1.807, 2.05) is 18.2 Å². The average molecular weight is 266 g/mol. The van der Waals surface area contributed by atoms with Gasteiger partial charge in [-0.3, -0.25) is 4.79 Å². The summed E-state index contributed by atoms with van der Waals surface area (Å²) < 4.78 is 0. The van der Waals surface area contributed by atoms with Gasteiger partial charge in [0, 0.05) is 34.7 Å². The van der Waals surface area contributed by atoms with Gasteiger partial charge in [-0.25, -0.2) is 0 Å². The van der Waals surface area contributed by atoms with Crippen LogP contribution < -0.4 is 11.1 Å². The van der Waals surface area contributed by atoms with Crippen LogP contribution in [0.3, 0.4) is 0 Å². The second kappa shape index (κ2) is 5.00. The number of halogens is 1. The third kappa shape index (κ3) is 2.09. The summed E-state index contributed by atoms with van der Waals surface area (Å²) in [5.41, 5.74) is 10.5. The number of aromatic nitrogens is 1. The summed E-state index contributed by atoms with van der Waals surface area (Å²) in [6.07, 6.45) is 3.67. The van der Waals surface area contributed by atoms with Gasteiger partial charge in [0.2, 0.25) is 6.41 Å². The van der Waals surface area contributed by atoms with E-state index in [-0.39, 0.29) is 18.4 Å². The third-order valence-electron chi connectivity index (χ3n) is 3.45. The number of aromatic amines is 1. The first-order valence-corrected chi connectivity index (χ1v) is 5.87. The number of carbonyl (C=O) groups excluding carboxylic acids is 1. The number of carbonyl (C=O) groups is 1. The number of rotatable bonds is 2. The maximum Gasteiger partial charge on any atom is 0.211 e. The number of anilines is 1. The first kappa shape index (κ1) is 12.9. The lowest BCUT2D eigenvalue weighted by molar-refractivity contribution is -0.105. The minimum Gasteiger partial charge on any atom is -0.358 e. The molecule has 1 heterocycles. The van der Waals surface area contributed by atoms with Gasteiger partial charge in [0.25, 0.3) is 0 Å². The van der Waals surface area contributed by atoms with Crippen molar-refractivity contribution in [1.29, 1.82) is 0 Å². The van der Waals surface area contributed by atoms with Gasteiger partial charge in [0.15, 0.2) is 0 Å². The Morgan fingerprint density at radius 1 is 1.44 bits per heavy atom. The number of aryl methyl sites for hydroxylation is 1. The van der Waals surface area contributed by atoms with Crippen LogP contribution in [0.25, 0.3) is 10.9 Å². The Balaban J connectivity index is 0.00000120. The zero-order valence-corrected chi connectivity index (χ0v) is 10.7. The largest absolute Gasteiger partial charge is 0.358 e. The van der Waals surface area contributed by atoms with E-state index in [0.29, 0.717) is 6.41 Å². The predicted molar refractivity (Wildman–Crippen MR) is 75.2 cm³/mol. The van der Waals surface area contributed by atoms with Gasteiger partial charge in [-0.2, -0.15) is 0 Å². The van der Waals surface area contributed by atoms with Crippen molar-refractivity contribution in [2.45, 2.75) is 25.3 Å². The van der Waals surface area contributed by atoms with Gasteiger partial charge in [-0.15, -0.1) is 12.4 Å². The van der Waals surface area contributed by atoms with Crippen LogP contribution in [0.5, 0.6) is 0 Å². The van der Waals surface area contributed by atoms with Gasteiger partial charge in [-0.05, 0) is 36.6 Å². The summed E-state index contributed by atoms with van der Waals surface area (Å²) >= 11 is 0. The van der Waals surface area contributed by atoms with Gasteiger partial charge >= 0.3 is 0 Å². The molecule has 2 aromatic rings. The monoisotopic (exact) mass is 265 g/mol. The van der Waals surface area contributed by atoms with Crippen LogP contribution >= 0.6 is 12.4 Å². The Hall–Kier alpha value is -1.52. The molecule has 0 aliphatic heterocycles. The molecule has 1 amide bonds. The van der Waals surface area contributed by atoms with E-state index in [2.05, 4.69) is 10.3 Å². The van der Waals surface area contributed by atoms with Gasteiger partial charge < -0.3 is 16.0 Å². The minimum atomic E-state index is 0. The molecular formula is C13H16ClN3O. The molecule has 0 saturated carbocycles. The van der Waals surface area contributed by atoms with Gasteiger partial charge in [0.1, 0.15) is 0 Å². The van der Waals surface area contributed by atoms with Crippen LogP contribution in [0, 0.1) is 0 Å². The molecule has 5 heteroatoms. The van der Waals surface area contributed by atoms with E-state index in [1.54, 1.807) is 0 Å². The number of amides is 1. The number of nitrogens with two attached hydrogens (primary N) is 1. The third-order valence-corrected chi connectivity index (χ3v) is 3.45. The number of benzene rings is 1. The quantitative estimate of drug-likeness (QED) is 0.727. The van der Waals surface area contributed by atoms with Crippen LogP contribution in [0.1, 0.15) is 17.7 Å². The van der Waals surface area contributed by atoms with Crippen molar-refractivity contribution in [2.75, 3.05) is 5.32 Å². The number of H-pyrrole nitrogens is 1. The number of fused-ring (bicyclic) bond motifs is 3. The molecule has 1 aromatic heterocycles. The van der Waals surface area contributed by atoms with Crippen molar-refractivity contribution in [3.05, 3.63) is 29.5 Å². The zero-order chi connectivity index (χ0) is 11.8. The lowest BCUT2D eigenvalue weighted by Crippen LogP contribution is -2.27. The van der Waals surface area contributed by atoms with E-state index in [0.717, 1.165) is 30.5 Å². The summed E-state index contributed by atoms with van der Waals surface area (Å²) in [6.45, 7) is 0. The molecule has 4 N–H and O–H groups in total. The molecular weight excluding hydrogens is 250 g/mol. The maximum atomic E-state index is 10.4. The highest BCUT2D eigenvalue weighted by atomic mass is 35.5. The molecule has 1 aliphatic carbocycles. The summed E-state index contributed by atoms with van der Waals surface area (Å²) in [7, 11) is 0. The SMILES string of the molecule is Cl.NC1CCc2c([nH]c3ccc(NC=O)cc23)C1. The molecule has 1 unspecified atom stereocenters. The molecule has 96 valence electrons. The molecule has 0 radical (unpaired) electrons. The summed E-state index contributed by atoms with van der Waals surface area (Å²) in [5, 5.41) is 3.89. The molecule has 1 atom stereocenters. The van der Waals surface area contributed by atoms with E-state index in [9.17, 15) is 4.79 Å². The Labute approximate surface area is 111 Å². The Morgan fingerprint density at radius 3 is 3.06 bits per heavy atom. The summed E-state index contributed by atoms with van der Waals surface area (Å²) in [6, 6.07) is 6.20. The molecule has 1 aliphatic rings. The maximum absolute atomic E-state index is 10.4. The van der Waals surface area contributed by atoms with Crippen molar-refractivity contribution < 1.29 is 4.79 Å². The fourth-order valence-electron chi connectivity index (χ4n) is 2.62. The highest BCUT2D eigenvalue weighted by Crippen LogP contribution is 2.30. The average Bonchev–Trinajstić information content (AvgIpc) is 2.66. The van der Waals surface area contributed by atoms with Crippen LogP contribution in [-0.4, -0.2) is 17.4 Å². The van der Waals surface area contributed by atoms with Crippen LogP contribution in [-0.2, 0) is 17.6 Å². The number of nitrogens with one attached hydrogen (secondary N) is 2. The predicted octanol–water partition coefficient (Wildman–Crippen LogP) is 1.97. The first-order valence-electron chi connectivity index (χ1n) is 5.87. The number of hydrogen-bond acceptors (Lipinski definition) is 2. The van der Waals surface area contributed by atoms with Crippen LogP contribution in [0.2, 0.25) is 0 Å². The van der Waals surface area contributed by atoms with Crippen LogP contribution in [0.4, 0.5) is 5.69 Å². The lowest BCUT2D eigenvalue weighted by Gasteiger charge is -2.17. The highest BCUT2D eigenvalue weighted by molar-refractivity contribution is 5.89. The normalized spacial score (nSPS) is 17.9. The second-order valence-corrected chi connectivity index (χ2v) is 4.61. The zero-order valence-electron chi connectivity index (χ0n) is 9.90. The fourth-order valence-corrected chi connectivity index (χ4v) is 2.62. The first-order chi connectivity index (χ1) is 8.28. The van der Waals surface area contributed by atoms with Gasteiger partial charge in [0.05, 0.1) is 0 Å². The summed E-state index contributed by atoms with van der Waals surface area (Å²) in [5.74, 6) is 0. The van der Waals surface area contributed by atoms with Gasteiger partial charge in [-0.1, -0.05) is 0 Å². The molecule has 0 spiro atoms. The van der Waals surface area contributed by atoms with Crippen molar-refractivity contribution in [1.82, 2.24) is 4.98 Å². The Kier molecular flexibility index (Phi) is 3.59. The van der Waals surface area contributed by atoms with Crippen molar-refractivity contribution in [3.63, 3.8) is 0 Å². The number of hydrogen-bond donors (Lipinski definition) is 3. The van der Waals surface area contributed by atoms with E-state index >= 15 is 0 Å². The molecule has 0 bridgehead atoms. The Bertz CT molecular complexity index is 579. The summed E-state index contributed by atoms with van der Waals surface area (Å²) in [4.78, 5) is 13.9. The molecule has 4 nitrogen and oxygen atoms in total. The smallest absolute Gasteiger partial charge is 0.211 e. The van der Waals surface area contributed by atoms with E-state index in [4.69, 9.17) is 5.73 Å². The van der Waals surface area contributed by atoms with Crippen LogP contribution in [0.15, 0.2) is 18.2 Å². The van der Waals surface area contributed by atoms with Crippen molar-refractivity contribution in [3.8, 4) is 0 Å². The topological polar surface area (TPSA) is 70.9 Å². The van der Waals surface area contributed by atoms with E-state index < -0.39 is 0 Å². The molecule has 3 rings (SSSR count).